The fraction of sp³-hybridized carbons (Fsp3) is 0.360. The van der Waals surface area contributed by atoms with Crippen LogP contribution in [0.15, 0.2) is 53.1 Å². The van der Waals surface area contributed by atoms with Crippen LogP contribution >= 0.6 is 0 Å². The Hall–Kier alpha value is -2.93. The van der Waals surface area contributed by atoms with E-state index in [2.05, 4.69) is 35.2 Å². The predicted molar refractivity (Wildman–Crippen MR) is 117 cm³/mol. The van der Waals surface area contributed by atoms with E-state index in [9.17, 15) is 13.2 Å². The zero-order chi connectivity index (χ0) is 22.7. The molecule has 0 spiro atoms. The van der Waals surface area contributed by atoms with E-state index in [1.165, 1.54) is 18.2 Å². The summed E-state index contributed by atoms with van der Waals surface area (Å²) in [7, 11) is 4.13. The van der Waals surface area contributed by atoms with Crippen molar-refractivity contribution in [2.45, 2.75) is 31.7 Å². The average Bonchev–Trinajstić information content (AvgIpc) is 3.23. The largest absolute Gasteiger partial charge is 0.334 e. The summed E-state index contributed by atoms with van der Waals surface area (Å²) in [6.45, 7) is 0. The molecular formula is C25H26F3N3O. The van der Waals surface area contributed by atoms with Gasteiger partial charge in [-0.15, -0.1) is 0 Å². The van der Waals surface area contributed by atoms with E-state index < -0.39 is 11.6 Å². The van der Waals surface area contributed by atoms with Crippen LogP contribution < -0.4 is 0 Å². The van der Waals surface area contributed by atoms with Crippen LogP contribution in [0.1, 0.15) is 43.2 Å². The molecule has 0 aliphatic heterocycles. The Labute approximate surface area is 185 Å². The van der Waals surface area contributed by atoms with Gasteiger partial charge < -0.3 is 9.42 Å². The second-order valence-corrected chi connectivity index (χ2v) is 8.57. The van der Waals surface area contributed by atoms with Crippen molar-refractivity contribution in [3.05, 3.63) is 77.4 Å². The molecule has 1 aliphatic rings. The molecule has 0 saturated heterocycles. The van der Waals surface area contributed by atoms with Crippen molar-refractivity contribution in [3.63, 3.8) is 0 Å². The molecule has 0 amide bonds. The molecule has 0 N–H and O–H groups in total. The normalized spacial score (nSPS) is 20.2. The molecule has 4 rings (SSSR count). The molecule has 1 aliphatic carbocycles. The molecule has 4 nitrogen and oxygen atoms in total. The van der Waals surface area contributed by atoms with Gasteiger partial charge in [-0.05, 0) is 87.5 Å². The van der Waals surface area contributed by atoms with Crippen LogP contribution in [0.5, 0.6) is 0 Å². The van der Waals surface area contributed by atoms with Crippen LogP contribution in [0.3, 0.4) is 0 Å². The van der Waals surface area contributed by atoms with E-state index >= 15 is 0 Å². The number of rotatable bonds is 6. The van der Waals surface area contributed by atoms with E-state index in [1.54, 1.807) is 6.08 Å². The summed E-state index contributed by atoms with van der Waals surface area (Å²) in [6, 6.07) is 10.3. The first-order valence-electron chi connectivity index (χ1n) is 10.8. The third-order valence-electron chi connectivity index (χ3n) is 6.16. The second kappa shape index (κ2) is 9.69. The number of hydrogen-bond donors (Lipinski definition) is 0. The molecule has 1 unspecified atom stereocenters. The third-order valence-corrected chi connectivity index (χ3v) is 6.16. The van der Waals surface area contributed by atoms with Crippen LogP contribution in [0.4, 0.5) is 13.2 Å². The predicted octanol–water partition coefficient (Wildman–Crippen LogP) is 6.28. The topological polar surface area (TPSA) is 42.2 Å². The maximum Gasteiger partial charge on any atom is 0.250 e. The smallest absolute Gasteiger partial charge is 0.250 e. The Morgan fingerprint density at radius 1 is 0.969 bits per heavy atom. The Balaban J connectivity index is 1.37. The molecule has 1 aromatic heterocycles. The Kier molecular flexibility index (Phi) is 6.74. The third kappa shape index (κ3) is 5.10. The molecule has 7 heteroatoms. The summed E-state index contributed by atoms with van der Waals surface area (Å²) in [5.41, 5.74) is 1.24. The van der Waals surface area contributed by atoms with Gasteiger partial charge in [-0.2, -0.15) is 4.98 Å². The lowest BCUT2D eigenvalue weighted by Crippen LogP contribution is -2.30. The lowest BCUT2D eigenvalue weighted by atomic mass is 9.76. The molecule has 1 saturated carbocycles. The quantitative estimate of drug-likeness (QED) is 0.452. The monoisotopic (exact) mass is 441 g/mol. The fourth-order valence-electron chi connectivity index (χ4n) is 4.61. The van der Waals surface area contributed by atoms with E-state index in [1.807, 2.05) is 12.1 Å². The summed E-state index contributed by atoms with van der Waals surface area (Å²) in [4.78, 5) is 6.42. The number of aromatic nitrogens is 2. The lowest BCUT2D eigenvalue weighted by Gasteiger charge is -2.37. The SMILES string of the molecule is CN(C)C(c1ccc(F)cc1)C1CCC(/C=C/c2nc(-c3ccc(F)cc3F)no2)CC1. The minimum atomic E-state index is -0.726. The van der Waals surface area contributed by atoms with Gasteiger partial charge in [0.1, 0.15) is 17.5 Å². The summed E-state index contributed by atoms with van der Waals surface area (Å²) in [5.74, 6) is -0.317. The van der Waals surface area contributed by atoms with Crippen LogP contribution in [0.2, 0.25) is 0 Å². The van der Waals surface area contributed by atoms with Gasteiger partial charge in [0, 0.05) is 12.1 Å². The zero-order valence-corrected chi connectivity index (χ0v) is 18.1. The first-order valence-corrected chi connectivity index (χ1v) is 10.8. The number of benzene rings is 2. The van der Waals surface area contributed by atoms with Crippen molar-refractivity contribution in [1.82, 2.24) is 15.0 Å². The van der Waals surface area contributed by atoms with E-state index in [0.29, 0.717) is 17.7 Å². The minimum Gasteiger partial charge on any atom is -0.334 e. The van der Waals surface area contributed by atoms with Gasteiger partial charge >= 0.3 is 0 Å². The molecule has 0 radical (unpaired) electrons. The first-order chi connectivity index (χ1) is 15.4. The highest BCUT2D eigenvalue weighted by Gasteiger charge is 2.29. The number of hydrogen-bond acceptors (Lipinski definition) is 4. The maximum atomic E-state index is 13.9. The fourth-order valence-corrected chi connectivity index (χ4v) is 4.61. The standard InChI is InChI=1S/C25H26F3N3O/c1-31(2)24(18-8-10-19(26)11-9-18)17-6-3-16(4-7-17)5-14-23-29-25(30-32-23)21-13-12-20(27)15-22(21)28/h5,8-17,24H,3-4,6-7H2,1-2H3/b14-5+. The number of nitrogens with zero attached hydrogens (tertiary/aromatic N) is 3. The highest BCUT2D eigenvalue weighted by Crippen LogP contribution is 2.39. The minimum absolute atomic E-state index is 0.0963. The van der Waals surface area contributed by atoms with Gasteiger partial charge in [-0.1, -0.05) is 23.4 Å². The van der Waals surface area contributed by atoms with Crippen molar-refractivity contribution >= 4 is 6.08 Å². The molecule has 168 valence electrons. The van der Waals surface area contributed by atoms with E-state index in [4.69, 9.17) is 4.52 Å². The van der Waals surface area contributed by atoms with E-state index in [-0.39, 0.29) is 23.2 Å². The van der Waals surface area contributed by atoms with Gasteiger partial charge in [0.2, 0.25) is 5.82 Å². The molecule has 1 atom stereocenters. The van der Waals surface area contributed by atoms with Crippen molar-refractivity contribution in [2.24, 2.45) is 11.8 Å². The summed E-state index contributed by atoms with van der Waals surface area (Å²) in [6.07, 6.45) is 8.01. The Morgan fingerprint density at radius 3 is 2.31 bits per heavy atom. The lowest BCUT2D eigenvalue weighted by molar-refractivity contribution is 0.159. The molecule has 32 heavy (non-hydrogen) atoms. The highest BCUT2D eigenvalue weighted by molar-refractivity contribution is 5.56. The van der Waals surface area contributed by atoms with E-state index in [0.717, 1.165) is 43.4 Å². The van der Waals surface area contributed by atoms with Crippen LogP contribution in [-0.4, -0.2) is 29.1 Å². The van der Waals surface area contributed by atoms with Gasteiger partial charge in [0.25, 0.3) is 5.89 Å². The second-order valence-electron chi connectivity index (χ2n) is 8.57. The average molecular weight is 441 g/mol. The highest BCUT2D eigenvalue weighted by atomic mass is 19.1. The molecule has 1 fully saturated rings. The summed E-state index contributed by atoms with van der Waals surface area (Å²) >= 11 is 0. The van der Waals surface area contributed by atoms with Crippen molar-refractivity contribution in [3.8, 4) is 11.4 Å². The number of allylic oxidation sites excluding steroid dienone is 1. The Morgan fingerprint density at radius 2 is 1.66 bits per heavy atom. The van der Waals surface area contributed by atoms with Gasteiger partial charge in [0.05, 0.1) is 5.56 Å². The van der Waals surface area contributed by atoms with Crippen LogP contribution in [0, 0.1) is 29.3 Å². The van der Waals surface area contributed by atoms with Crippen molar-refractivity contribution < 1.29 is 17.7 Å². The van der Waals surface area contributed by atoms with Crippen LogP contribution in [-0.2, 0) is 0 Å². The van der Waals surface area contributed by atoms with Gasteiger partial charge in [-0.25, -0.2) is 13.2 Å². The zero-order valence-electron chi connectivity index (χ0n) is 18.1. The molecule has 3 aromatic rings. The molecular weight excluding hydrogens is 415 g/mol. The molecule has 0 bridgehead atoms. The molecule has 2 aromatic carbocycles. The summed E-state index contributed by atoms with van der Waals surface area (Å²) < 4.78 is 45.6. The first kappa shape index (κ1) is 22.3. The van der Waals surface area contributed by atoms with Crippen molar-refractivity contribution in [1.29, 1.82) is 0 Å². The van der Waals surface area contributed by atoms with Gasteiger partial charge in [0.15, 0.2) is 0 Å². The Bertz CT molecular complexity index is 1070. The van der Waals surface area contributed by atoms with Crippen molar-refractivity contribution in [2.75, 3.05) is 14.1 Å². The summed E-state index contributed by atoms with van der Waals surface area (Å²) in [5, 5.41) is 3.80. The molecule has 1 heterocycles. The van der Waals surface area contributed by atoms with Crippen LogP contribution in [0.25, 0.3) is 17.5 Å². The van der Waals surface area contributed by atoms with Gasteiger partial charge in [-0.3, -0.25) is 0 Å². The number of halogens is 3. The maximum absolute atomic E-state index is 13.9.